The van der Waals surface area contributed by atoms with Crippen molar-refractivity contribution in [1.82, 2.24) is 4.31 Å². The van der Waals surface area contributed by atoms with E-state index in [2.05, 4.69) is 5.32 Å². The Bertz CT molecular complexity index is 813. The standard InChI is InChI=1S/C12H8Cl2N2O3S2/c13-8-2-1-3-9(14)7(8)4-16-12(17)15-10-5-20-6-11(10)21(16,18)19/h1-3,5-6H,4H2,(H,15,17). The highest BCUT2D eigenvalue weighted by molar-refractivity contribution is 7.90. The van der Waals surface area contributed by atoms with Gasteiger partial charge in [0.05, 0.1) is 12.2 Å². The van der Waals surface area contributed by atoms with E-state index in [1.54, 1.807) is 23.6 Å². The molecule has 9 heteroatoms. The van der Waals surface area contributed by atoms with Crippen LogP contribution in [0.1, 0.15) is 5.56 Å². The summed E-state index contributed by atoms with van der Waals surface area (Å²) in [4.78, 5) is 12.1. The van der Waals surface area contributed by atoms with Crippen LogP contribution in [0.15, 0.2) is 33.9 Å². The van der Waals surface area contributed by atoms with Crippen LogP contribution in [0.4, 0.5) is 10.5 Å². The molecular formula is C12H8Cl2N2O3S2. The van der Waals surface area contributed by atoms with Crippen molar-refractivity contribution in [2.75, 3.05) is 5.32 Å². The van der Waals surface area contributed by atoms with Gasteiger partial charge in [-0.3, -0.25) is 0 Å². The van der Waals surface area contributed by atoms with Crippen LogP contribution in [0.5, 0.6) is 0 Å². The Morgan fingerprint density at radius 2 is 1.86 bits per heavy atom. The molecule has 0 bridgehead atoms. The van der Waals surface area contributed by atoms with E-state index in [1.807, 2.05) is 0 Å². The quantitative estimate of drug-likeness (QED) is 0.883. The van der Waals surface area contributed by atoms with Crippen molar-refractivity contribution in [2.45, 2.75) is 11.4 Å². The molecule has 0 saturated heterocycles. The van der Waals surface area contributed by atoms with Gasteiger partial charge in [0, 0.05) is 26.4 Å². The Kier molecular flexibility index (Phi) is 3.61. The first-order valence-corrected chi connectivity index (χ1v) is 8.88. The average molecular weight is 363 g/mol. The zero-order chi connectivity index (χ0) is 15.2. The molecular weight excluding hydrogens is 355 g/mol. The molecule has 3 rings (SSSR count). The number of anilines is 1. The maximum Gasteiger partial charge on any atom is 0.336 e. The highest BCUT2D eigenvalue weighted by Gasteiger charge is 2.37. The van der Waals surface area contributed by atoms with Gasteiger partial charge in [-0.05, 0) is 12.1 Å². The van der Waals surface area contributed by atoms with Crippen LogP contribution >= 0.6 is 34.5 Å². The van der Waals surface area contributed by atoms with Crippen LogP contribution < -0.4 is 5.32 Å². The predicted molar refractivity (Wildman–Crippen MR) is 82.5 cm³/mol. The van der Waals surface area contributed by atoms with Gasteiger partial charge in [-0.2, -0.15) is 0 Å². The minimum atomic E-state index is -3.91. The number of carbonyl (C=O) groups is 1. The second-order valence-corrected chi connectivity index (χ2v) is 7.68. The summed E-state index contributed by atoms with van der Waals surface area (Å²) in [5.74, 6) is 0. The number of sulfonamides is 1. The Morgan fingerprint density at radius 3 is 2.52 bits per heavy atom. The lowest BCUT2D eigenvalue weighted by Crippen LogP contribution is -2.43. The number of thiophene rings is 1. The van der Waals surface area contributed by atoms with Crippen LogP contribution in [-0.4, -0.2) is 18.8 Å². The number of nitrogens with one attached hydrogen (secondary N) is 1. The lowest BCUT2D eigenvalue weighted by molar-refractivity contribution is 0.233. The van der Waals surface area contributed by atoms with Gasteiger partial charge in [-0.15, -0.1) is 11.3 Å². The highest BCUT2D eigenvalue weighted by Crippen LogP contribution is 2.35. The summed E-state index contributed by atoms with van der Waals surface area (Å²) in [6, 6.07) is 4.10. The van der Waals surface area contributed by atoms with E-state index in [9.17, 15) is 13.2 Å². The SMILES string of the molecule is O=C1Nc2cscc2S(=O)(=O)N1Cc1c(Cl)cccc1Cl. The van der Waals surface area contributed by atoms with Crippen LogP contribution in [0.25, 0.3) is 0 Å². The van der Waals surface area contributed by atoms with E-state index in [-0.39, 0.29) is 11.4 Å². The molecule has 1 aromatic carbocycles. The van der Waals surface area contributed by atoms with Crippen LogP contribution in [0.2, 0.25) is 10.0 Å². The largest absolute Gasteiger partial charge is 0.336 e. The number of amides is 2. The first-order valence-electron chi connectivity index (χ1n) is 5.74. The second-order valence-electron chi connectivity index (χ2n) is 4.29. The number of benzene rings is 1. The average Bonchev–Trinajstić information content (AvgIpc) is 2.86. The Balaban J connectivity index is 2.06. The van der Waals surface area contributed by atoms with Gasteiger partial charge < -0.3 is 5.32 Å². The molecule has 110 valence electrons. The van der Waals surface area contributed by atoms with Gasteiger partial charge in [0.25, 0.3) is 10.0 Å². The fourth-order valence-electron chi connectivity index (χ4n) is 1.97. The van der Waals surface area contributed by atoms with Crippen molar-refractivity contribution in [3.8, 4) is 0 Å². The molecule has 1 N–H and O–H groups in total. The molecule has 1 aliphatic rings. The van der Waals surface area contributed by atoms with E-state index in [4.69, 9.17) is 23.2 Å². The summed E-state index contributed by atoms with van der Waals surface area (Å²) in [5, 5.41) is 6.20. The smallest absolute Gasteiger partial charge is 0.305 e. The molecule has 2 heterocycles. The monoisotopic (exact) mass is 362 g/mol. The van der Waals surface area contributed by atoms with Crippen LogP contribution in [0, 0.1) is 0 Å². The van der Waals surface area contributed by atoms with Crippen LogP contribution in [0.3, 0.4) is 0 Å². The highest BCUT2D eigenvalue weighted by atomic mass is 35.5. The summed E-state index contributed by atoms with van der Waals surface area (Å²) < 4.78 is 25.7. The minimum absolute atomic E-state index is 0.0790. The molecule has 0 radical (unpaired) electrons. The zero-order valence-electron chi connectivity index (χ0n) is 10.3. The summed E-state index contributed by atoms with van der Waals surface area (Å²) in [6.45, 7) is -0.220. The number of rotatable bonds is 2. The third-order valence-electron chi connectivity index (χ3n) is 3.03. The third kappa shape index (κ3) is 2.40. The molecule has 0 fully saturated rings. The molecule has 1 aromatic heterocycles. The van der Waals surface area contributed by atoms with E-state index < -0.39 is 16.1 Å². The Hall–Kier alpha value is -1.28. The van der Waals surface area contributed by atoms with Crippen molar-refractivity contribution in [2.24, 2.45) is 0 Å². The van der Waals surface area contributed by atoms with E-state index in [1.165, 1.54) is 16.7 Å². The molecule has 0 aliphatic carbocycles. The Morgan fingerprint density at radius 1 is 1.19 bits per heavy atom. The Labute approximate surface area is 135 Å². The maximum atomic E-state index is 12.5. The van der Waals surface area contributed by atoms with Crippen molar-refractivity contribution in [3.63, 3.8) is 0 Å². The van der Waals surface area contributed by atoms with Crippen molar-refractivity contribution >= 4 is 56.3 Å². The molecule has 2 amide bonds. The topological polar surface area (TPSA) is 66.5 Å². The molecule has 5 nitrogen and oxygen atoms in total. The van der Waals surface area contributed by atoms with Crippen molar-refractivity contribution in [3.05, 3.63) is 44.6 Å². The van der Waals surface area contributed by atoms with Crippen LogP contribution in [-0.2, 0) is 16.6 Å². The van der Waals surface area contributed by atoms with Crippen molar-refractivity contribution < 1.29 is 13.2 Å². The first kappa shape index (κ1) is 14.6. The minimum Gasteiger partial charge on any atom is -0.305 e. The normalized spacial score (nSPS) is 16.5. The molecule has 21 heavy (non-hydrogen) atoms. The van der Waals surface area contributed by atoms with Gasteiger partial charge in [0.15, 0.2) is 0 Å². The van der Waals surface area contributed by atoms with E-state index in [0.717, 1.165) is 4.31 Å². The van der Waals surface area contributed by atoms with Gasteiger partial charge in [0.1, 0.15) is 4.90 Å². The number of hydrogen-bond acceptors (Lipinski definition) is 4. The lowest BCUT2D eigenvalue weighted by atomic mass is 10.2. The fraction of sp³-hybridized carbons (Fsp3) is 0.0833. The second kappa shape index (κ2) is 5.17. The summed E-state index contributed by atoms with van der Waals surface area (Å²) >= 11 is 13.3. The third-order valence-corrected chi connectivity index (χ3v) is 6.40. The summed E-state index contributed by atoms with van der Waals surface area (Å²) in [6.07, 6.45) is 0. The molecule has 0 saturated carbocycles. The van der Waals surface area contributed by atoms with E-state index >= 15 is 0 Å². The first-order chi connectivity index (χ1) is 9.91. The van der Waals surface area contributed by atoms with E-state index in [0.29, 0.717) is 21.3 Å². The number of fused-ring (bicyclic) bond motifs is 1. The van der Waals surface area contributed by atoms with Gasteiger partial charge >= 0.3 is 6.03 Å². The predicted octanol–water partition coefficient (Wildman–Crippen LogP) is 3.79. The number of hydrogen-bond donors (Lipinski definition) is 1. The van der Waals surface area contributed by atoms with Gasteiger partial charge in [-0.25, -0.2) is 17.5 Å². The van der Waals surface area contributed by atoms with Gasteiger partial charge in [0.2, 0.25) is 0 Å². The number of halogens is 2. The molecule has 2 aromatic rings. The zero-order valence-corrected chi connectivity index (χ0v) is 13.5. The molecule has 0 spiro atoms. The van der Waals surface area contributed by atoms with Crippen molar-refractivity contribution in [1.29, 1.82) is 0 Å². The summed E-state index contributed by atoms with van der Waals surface area (Å²) in [7, 11) is -3.91. The molecule has 0 atom stereocenters. The molecule has 0 unspecified atom stereocenters. The number of nitrogens with zero attached hydrogens (tertiary/aromatic N) is 1. The maximum absolute atomic E-state index is 12.5. The molecule has 1 aliphatic heterocycles. The van der Waals surface area contributed by atoms with Gasteiger partial charge in [-0.1, -0.05) is 29.3 Å². The number of carbonyl (C=O) groups excluding carboxylic acids is 1. The summed E-state index contributed by atoms with van der Waals surface area (Å²) in [5.41, 5.74) is 0.685. The number of urea groups is 1. The fourth-order valence-corrected chi connectivity index (χ4v) is 5.04. The lowest BCUT2D eigenvalue weighted by Gasteiger charge is -2.27.